The predicted molar refractivity (Wildman–Crippen MR) is 103 cm³/mol. The van der Waals surface area contributed by atoms with Gasteiger partial charge < -0.3 is 9.72 Å². The molecule has 5 heteroatoms. The van der Waals surface area contributed by atoms with Crippen molar-refractivity contribution in [2.45, 2.75) is 38.8 Å². The molecule has 0 bridgehead atoms. The van der Waals surface area contributed by atoms with Crippen molar-refractivity contribution in [2.24, 2.45) is 0 Å². The monoisotopic (exact) mass is 366 g/mol. The minimum absolute atomic E-state index is 0.296. The van der Waals surface area contributed by atoms with Crippen molar-refractivity contribution in [3.8, 4) is 0 Å². The molecule has 1 aromatic heterocycles. The molecule has 1 aliphatic rings. The number of carbonyl (C=O) groups excluding carboxylic acids is 1. The molecule has 2 aromatic carbocycles. The van der Waals surface area contributed by atoms with E-state index in [0.717, 1.165) is 23.2 Å². The van der Waals surface area contributed by atoms with Crippen LogP contribution in [0.5, 0.6) is 0 Å². The Morgan fingerprint density at radius 2 is 1.85 bits per heavy atom. The molecule has 0 unspecified atom stereocenters. The molecule has 3 aromatic rings. The first-order valence-corrected chi connectivity index (χ1v) is 9.18. The Morgan fingerprint density at radius 3 is 2.56 bits per heavy atom. The normalized spacial score (nSPS) is 17.0. The Hall–Kier alpha value is -2.82. The maximum absolute atomic E-state index is 13.5. The maximum atomic E-state index is 13.5. The summed E-state index contributed by atoms with van der Waals surface area (Å²) in [6.07, 6.45) is 0.386. The number of hydrogen-bond acceptors (Lipinski definition) is 2. The number of ether oxygens (including phenoxy) is 1. The van der Waals surface area contributed by atoms with Crippen LogP contribution in [0, 0.1) is 5.82 Å². The van der Waals surface area contributed by atoms with Crippen LogP contribution in [0.2, 0.25) is 0 Å². The van der Waals surface area contributed by atoms with Crippen LogP contribution in [0.15, 0.2) is 48.5 Å². The van der Waals surface area contributed by atoms with Gasteiger partial charge in [-0.3, -0.25) is 4.90 Å². The number of halogens is 1. The van der Waals surface area contributed by atoms with Crippen molar-refractivity contribution < 1.29 is 13.9 Å². The van der Waals surface area contributed by atoms with Gasteiger partial charge in [0, 0.05) is 23.1 Å². The molecule has 2 heterocycles. The fourth-order valence-corrected chi connectivity index (χ4v) is 3.75. The number of para-hydroxylation sites is 1. The summed E-state index contributed by atoms with van der Waals surface area (Å²) in [5.41, 5.74) is 3.50. The zero-order valence-electron chi connectivity index (χ0n) is 15.8. The second-order valence-corrected chi connectivity index (χ2v) is 7.94. The Kier molecular flexibility index (Phi) is 4.17. The second kappa shape index (κ2) is 6.41. The van der Waals surface area contributed by atoms with E-state index in [1.165, 1.54) is 23.1 Å². The van der Waals surface area contributed by atoms with E-state index in [1.807, 2.05) is 39.0 Å². The summed E-state index contributed by atoms with van der Waals surface area (Å²) in [7, 11) is 0. The molecule has 1 atom stereocenters. The molecule has 0 radical (unpaired) electrons. The highest BCUT2D eigenvalue weighted by atomic mass is 19.1. The molecular formula is C22H23FN2O2. The topological polar surface area (TPSA) is 45.3 Å². The van der Waals surface area contributed by atoms with Gasteiger partial charge >= 0.3 is 6.09 Å². The van der Waals surface area contributed by atoms with Crippen molar-refractivity contribution in [2.75, 3.05) is 6.54 Å². The molecule has 0 spiro atoms. The average molecular weight is 366 g/mol. The quantitative estimate of drug-likeness (QED) is 0.644. The third kappa shape index (κ3) is 3.29. The third-order valence-electron chi connectivity index (χ3n) is 4.85. The Bertz CT molecular complexity index is 986. The molecule has 27 heavy (non-hydrogen) atoms. The summed E-state index contributed by atoms with van der Waals surface area (Å²) in [4.78, 5) is 18.1. The van der Waals surface area contributed by atoms with Crippen LogP contribution < -0.4 is 0 Å². The summed E-state index contributed by atoms with van der Waals surface area (Å²) in [6.45, 7) is 6.12. The number of fused-ring (bicyclic) bond motifs is 3. The standard InChI is InChI=1S/C22H23FN2O2/c1-22(2,3)27-21(26)25-13-12-17-16-6-4-5-7-18(16)24-19(17)20(25)14-8-10-15(23)11-9-14/h4-11,20,24H,12-13H2,1-3H3/t20-/m0/s1. The molecule has 4 rings (SSSR count). The number of rotatable bonds is 1. The van der Waals surface area contributed by atoms with E-state index in [2.05, 4.69) is 11.1 Å². The highest BCUT2D eigenvalue weighted by Gasteiger charge is 2.36. The number of nitrogens with zero attached hydrogens (tertiary/aromatic N) is 1. The van der Waals surface area contributed by atoms with Crippen molar-refractivity contribution in [3.63, 3.8) is 0 Å². The van der Waals surface area contributed by atoms with Gasteiger partial charge in [0.2, 0.25) is 0 Å². The first-order valence-electron chi connectivity index (χ1n) is 9.18. The zero-order valence-corrected chi connectivity index (χ0v) is 15.8. The van der Waals surface area contributed by atoms with Crippen LogP contribution in [0.25, 0.3) is 10.9 Å². The fraction of sp³-hybridized carbons (Fsp3) is 0.318. The van der Waals surface area contributed by atoms with Gasteiger partial charge in [0.1, 0.15) is 17.5 Å². The number of aromatic nitrogens is 1. The first kappa shape index (κ1) is 17.6. The van der Waals surface area contributed by atoms with Crippen LogP contribution in [0.1, 0.15) is 43.6 Å². The average Bonchev–Trinajstić information content (AvgIpc) is 2.99. The van der Waals surface area contributed by atoms with E-state index in [-0.39, 0.29) is 18.0 Å². The summed E-state index contributed by atoms with van der Waals surface area (Å²) >= 11 is 0. The zero-order chi connectivity index (χ0) is 19.2. The van der Waals surface area contributed by atoms with Gasteiger partial charge in [-0.25, -0.2) is 9.18 Å². The van der Waals surface area contributed by atoms with Crippen LogP contribution in [0.3, 0.4) is 0 Å². The summed E-state index contributed by atoms with van der Waals surface area (Å²) in [6, 6.07) is 14.1. The lowest BCUT2D eigenvalue weighted by molar-refractivity contribution is 0.0175. The third-order valence-corrected chi connectivity index (χ3v) is 4.85. The van der Waals surface area contributed by atoms with Gasteiger partial charge in [0.25, 0.3) is 0 Å². The number of hydrogen-bond donors (Lipinski definition) is 1. The number of nitrogens with one attached hydrogen (secondary N) is 1. The number of benzene rings is 2. The van der Waals surface area contributed by atoms with Crippen LogP contribution in [-0.4, -0.2) is 28.1 Å². The van der Waals surface area contributed by atoms with Crippen LogP contribution in [-0.2, 0) is 11.2 Å². The summed E-state index contributed by atoms with van der Waals surface area (Å²) in [5, 5.41) is 1.17. The van der Waals surface area contributed by atoms with Gasteiger partial charge in [-0.15, -0.1) is 0 Å². The lowest BCUT2D eigenvalue weighted by Gasteiger charge is -2.37. The van der Waals surface area contributed by atoms with Gasteiger partial charge in [-0.05, 0) is 56.5 Å². The predicted octanol–water partition coefficient (Wildman–Crippen LogP) is 5.19. The van der Waals surface area contributed by atoms with E-state index in [9.17, 15) is 9.18 Å². The molecule has 1 aliphatic heterocycles. The van der Waals surface area contributed by atoms with E-state index < -0.39 is 5.60 Å². The molecule has 0 saturated heterocycles. The lowest BCUT2D eigenvalue weighted by Crippen LogP contribution is -2.43. The minimum Gasteiger partial charge on any atom is -0.444 e. The molecular weight excluding hydrogens is 343 g/mol. The molecule has 140 valence electrons. The maximum Gasteiger partial charge on any atom is 0.411 e. The van der Waals surface area contributed by atoms with Crippen molar-refractivity contribution in [3.05, 3.63) is 71.2 Å². The number of aromatic amines is 1. The molecule has 1 N–H and O–H groups in total. The van der Waals surface area contributed by atoms with E-state index in [1.54, 1.807) is 17.0 Å². The van der Waals surface area contributed by atoms with Crippen LogP contribution in [0.4, 0.5) is 9.18 Å². The van der Waals surface area contributed by atoms with Crippen LogP contribution >= 0.6 is 0 Å². The van der Waals surface area contributed by atoms with E-state index >= 15 is 0 Å². The van der Waals surface area contributed by atoms with Crippen molar-refractivity contribution in [1.82, 2.24) is 9.88 Å². The van der Waals surface area contributed by atoms with Crippen molar-refractivity contribution >= 4 is 17.0 Å². The first-order chi connectivity index (χ1) is 12.8. The highest BCUT2D eigenvalue weighted by Crippen LogP contribution is 2.39. The Labute approximate surface area is 157 Å². The highest BCUT2D eigenvalue weighted by molar-refractivity contribution is 5.86. The lowest BCUT2D eigenvalue weighted by atomic mass is 9.92. The minimum atomic E-state index is -0.578. The number of carbonyl (C=O) groups is 1. The Morgan fingerprint density at radius 1 is 1.15 bits per heavy atom. The second-order valence-electron chi connectivity index (χ2n) is 7.94. The molecule has 0 aliphatic carbocycles. The molecule has 1 amide bonds. The van der Waals surface area contributed by atoms with Gasteiger partial charge in [0.05, 0.1) is 0 Å². The Balaban J connectivity index is 1.83. The number of H-pyrrole nitrogens is 1. The molecule has 4 nitrogen and oxygen atoms in total. The SMILES string of the molecule is CC(C)(C)OC(=O)N1CCc2c([nH]c3ccccc23)[C@@H]1c1ccc(F)cc1. The number of amides is 1. The molecule has 0 fully saturated rings. The summed E-state index contributed by atoms with van der Waals surface area (Å²) in [5.74, 6) is -0.296. The largest absolute Gasteiger partial charge is 0.444 e. The smallest absolute Gasteiger partial charge is 0.411 e. The summed E-state index contributed by atoms with van der Waals surface area (Å²) < 4.78 is 19.1. The van der Waals surface area contributed by atoms with E-state index in [4.69, 9.17) is 4.74 Å². The van der Waals surface area contributed by atoms with Gasteiger partial charge in [-0.1, -0.05) is 30.3 Å². The van der Waals surface area contributed by atoms with Gasteiger partial charge in [0.15, 0.2) is 0 Å². The van der Waals surface area contributed by atoms with Crippen molar-refractivity contribution in [1.29, 1.82) is 0 Å². The fourth-order valence-electron chi connectivity index (χ4n) is 3.75. The van der Waals surface area contributed by atoms with E-state index in [0.29, 0.717) is 6.54 Å². The van der Waals surface area contributed by atoms with Gasteiger partial charge in [-0.2, -0.15) is 0 Å². The molecule has 0 saturated carbocycles.